The van der Waals surface area contributed by atoms with E-state index in [9.17, 15) is 0 Å². The number of fused-ring (bicyclic) bond motifs is 1. The van der Waals surface area contributed by atoms with Crippen molar-refractivity contribution in [1.29, 1.82) is 0 Å². The highest BCUT2D eigenvalue weighted by Gasteiger charge is 2.03. The van der Waals surface area contributed by atoms with Crippen LogP contribution in [0.2, 0.25) is 0 Å². The third kappa shape index (κ3) is 2.82. The van der Waals surface area contributed by atoms with Crippen LogP contribution in [0.3, 0.4) is 0 Å². The molecule has 0 aliphatic carbocycles. The van der Waals surface area contributed by atoms with Crippen molar-refractivity contribution in [3.8, 4) is 0 Å². The monoisotopic (exact) mass is 265 g/mol. The van der Waals surface area contributed by atoms with Crippen molar-refractivity contribution in [3.63, 3.8) is 0 Å². The standard InChI is InChI=1S/C17H19N3/c1-2-10-18-15-8-9-17-19-16(13-20(17)12-15)11-14-6-4-3-5-7-14/h3-9,12-13,18H,2,10-11H2,1H3. The summed E-state index contributed by atoms with van der Waals surface area (Å²) in [4.78, 5) is 4.66. The second-order valence-corrected chi connectivity index (χ2v) is 5.00. The predicted molar refractivity (Wildman–Crippen MR) is 83.2 cm³/mol. The van der Waals surface area contributed by atoms with Gasteiger partial charge in [0.1, 0.15) is 5.65 Å². The Kier molecular flexibility index (Phi) is 3.68. The lowest BCUT2D eigenvalue weighted by atomic mass is 10.1. The molecule has 0 unspecified atom stereocenters. The van der Waals surface area contributed by atoms with Crippen LogP contribution in [-0.2, 0) is 6.42 Å². The third-order valence-corrected chi connectivity index (χ3v) is 3.31. The molecule has 3 heteroatoms. The van der Waals surface area contributed by atoms with E-state index >= 15 is 0 Å². The van der Waals surface area contributed by atoms with Crippen molar-refractivity contribution in [2.24, 2.45) is 0 Å². The molecule has 0 atom stereocenters. The van der Waals surface area contributed by atoms with Gasteiger partial charge in [-0.25, -0.2) is 4.98 Å². The Bertz CT molecular complexity index is 686. The van der Waals surface area contributed by atoms with Gasteiger partial charge in [-0.15, -0.1) is 0 Å². The maximum atomic E-state index is 4.66. The van der Waals surface area contributed by atoms with Gasteiger partial charge in [0, 0.05) is 25.4 Å². The number of nitrogens with one attached hydrogen (secondary N) is 1. The molecule has 0 bridgehead atoms. The molecule has 0 radical (unpaired) electrons. The minimum Gasteiger partial charge on any atom is -0.384 e. The highest BCUT2D eigenvalue weighted by molar-refractivity contribution is 5.51. The number of imidazole rings is 1. The smallest absolute Gasteiger partial charge is 0.137 e. The number of rotatable bonds is 5. The molecule has 1 aromatic carbocycles. The fourth-order valence-corrected chi connectivity index (χ4v) is 2.31. The Hall–Kier alpha value is -2.29. The van der Waals surface area contributed by atoms with Gasteiger partial charge in [-0.3, -0.25) is 0 Å². The van der Waals surface area contributed by atoms with Crippen molar-refractivity contribution < 1.29 is 0 Å². The molecular formula is C17H19N3. The fraction of sp³-hybridized carbons (Fsp3) is 0.235. The lowest BCUT2D eigenvalue weighted by Gasteiger charge is -2.04. The van der Waals surface area contributed by atoms with Gasteiger partial charge in [-0.1, -0.05) is 37.3 Å². The van der Waals surface area contributed by atoms with Gasteiger partial charge in [0.25, 0.3) is 0 Å². The number of anilines is 1. The van der Waals surface area contributed by atoms with E-state index in [-0.39, 0.29) is 0 Å². The van der Waals surface area contributed by atoms with E-state index in [1.54, 1.807) is 0 Å². The zero-order chi connectivity index (χ0) is 13.8. The quantitative estimate of drug-likeness (QED) is 0.761. The number of nitrogens with zero attached hydrogens (tertiary/aromatic N) is 2. The molecule has 3 rings (SSSR count). The largest absolute Gasteiger partial charge is 0.384 e. The summed E-state index contributed by atoms with van der Waals surface area (Å²) in [5.41, 5.74) is 4.53. The molecule has 0 aliphatic rings. The highest BCUT2D eigenvalue weighted by Crippen LogP contribution is 2.14. The number of benzene rings is 1. The summed E-state index contributed by atoms with van der Waals surface area (Å²) in [6.07, 6.45) is 6.22. The van der Waals surface area contributed by atoms with Crippen LogP contribution in [0.25, 0.3) is 5.65 Å². The summed E-state index contributed by atoms with van der Waals surface area (Å²) in [5, 5.41) is 3.40. The van der Waals surface area contributed by atoms with Gasteiger partial charge in [-0.2, -0.15) is 0 Å². The predicted octanol–water partition coefficient (Wildman–Crippen LogP) is 3.75. The summed E-state index contributed by atoms with van der Waals surface area (Å²) in [7, 11) is 0. The minimum atomic E-state index is 0.875. The molecule has 2 aromatic heterocycles. The van der Waals surface area contributed by atoms with E-state index in [0.717, 1.165) is 36.4 Å². The van der Waals surface area contributed by atoms with Crippen LogP contribution < -0.4 is 5.32 Å². The zero-order valence-electron chi connectivity index (χ0n) is 11.7. The maximum Gasteiger partial charge on any atom is 0.137 e. The van der Waals surface area contributed by atoms with Crippen LogP contribution in [0.15, 0.2) is 54.9 Å². The summed E-state index contributed by atoms with van der Waals surface area (Å²) >= 11 is 0. The van der Waals surface area contributed by atoms with Crippen LogP contribution in [0.1, 0.15) is 24.6 Å². The van der Waals surface area contributed by atoms with Gasteiger partial charge in [0.2, 0.25) is 0 Å². The van der Waals surface area contributed by atoms with E-state index in [4.69, 9.17) is 0 Å². The van der Waals surface area contributed by atoms with E-state index in [2.05, 4.69) is 70.4 Å². The van der Waals surface area contributed by atoms with Crippen LogP contribution in [0.4, 0.5) is 5.69 Å². The summed E-state index contributed by atoms with van der Waals surface area (Å²) < 4.78 is 2.09. The Morgan fingerprint density at radius 1 is 1.05 bits per heavy atom. The second-order valence-electron chi connectivity index (χ2n) is 5.00. The van der Waals surface area contributed by atoms with Crippen molar-refractivity contribution in [3.05, 3.63) is 66.1 Å². The first-order valence-corrected chi connectivity index (χ1v) is 7.10. The Balaban J connectivity index is 1.83. The van der Waals surface area contributed by atoms with Crippen LogP contribution in [-0.4, -0.2) is 15.9 Å². The van der Waals surface area contributed by atoms with Crippen molar-refractivity contribution >= 4 is 11.3 Å². The van der Waals surface area contributed by atoms with Gasteiger partial charge >= 0.3 is 0 Å². The van der Waals surface area contributed by atoms with Gasteiger partial charge in [0.15, 0.2) is 0 Å². The highest BCUT2D eigenvalue weighted by atomic mass is 15.0. The van der Waals surface area contributed by atoms with Crippen LogP contribution in [0, 0.1) is 0 Å². The molecule has 0 fully saturated rings. The number of pyridine rings is 1. The first-order chi connectivity index (χ1) is 9.85. The molecule has 20 heavy (non-hydrogen) atoms. The lowest BCUT2D eigenvalue weighted by molar-refractivity contribution is 0.975. The van der Waals surface area contributed by atoms with E-state index < -0.39 is 0 Å². The molecule has 0 spiro atoms. The molecule has 0 aliphatic heterocycles. The molecule has 2 heterocycles. The molecular weight excluding hydrogens is 246 g/mol. The molecule has 0 amide bonds. The number of aromatic nitrogens is 2. The van der Waals surface area contributed by atoms with E-state index in [0.29, 0.717) is 0 Å². The second kappa shape index (κ2) is 5.78. The Morgan fingerprint density at radius 2 is 1.90 bits per heavy atom. The normalized spacial score (nSPS) is 10.8. The zero-order valence-corrected chi connectivity index (χ0v) is 11.7. The Labute approximate surface area is 119 Å². The van der Waals surface area contributed by atoms with Gasteiger partial charge in [0.05, 0.1) is 11.4 Å². The van der Waals surface area contributed by atoms with Gasteiger partial charge in [-0.05, 0) is 24.1 Å². The summed E-state index contributed by atoms with van der Waals surface area (Å²) in [5.74, 6) is 0. The van der Waals surface area contributed by atoms with E-state index in [1.165, 1.54) is 5.56 Å². The van der Waals surface area contributed by atoms with Gasteiger partial charge < -0.3 is 9.72 Å². The average Bonchev–Trinajstić information content (AvgIpc) is 2.87. The number of hydrogen-bond acceptors (Lipinski definition) is 2. The first kappa shape index (κ1) is 12.7. The minimum absolute atomic E-state index is 0.875. The molecule has 1 N–H and O–H groups in total. The topological polar surface area (TPSA) is 29.3 Å². The molecule has 3 aromatic rings. The maximum absolute atomic E-state index is 4.66. The summed E-state index contributed by atoms with van der Waals surface area (Å²) in [6, 6.07) is 14.6. The first-order valence-electron chi connectivity index (χ1n) is 7.10. The SMILES string of the molecule is CCCNc1ccc2nc(Cc3ccccc3)cn2c1. The molecule has 102 valence electrons. The summed E-state index contributed by atoms with van der Waals surface area (Å²) in [6.45, 7) is 3.16. The number of hydrogen-bond donors (Lipinski definition) is 1. The molecule has 3 nitrogen and oxygen atoms in total. The lowest BCUT2D eigenvalue weighted by Crippen LogP contribution is -2.00. The van der Waals surface area contributed by atoms with Crippen molar-refractivity contribution in [2.75, 3.05) is 11.9 Å². The van der Waals surface area contributed by atoms with Crippen LogP contribution in [0.5, 0.6) is 0 Å². The fourth-order valence-electron chi connectivity index (χ4n) is 2.31. The van der Waals surface area contributed by atoms with Crippen molar-refractivity contribution in [2.45, 2.75) is 19.8 Å². The molecule has 0 saturated carbocycles. The average molecular weight is 265 g/mol. The Morgan fingerprint density at radius 3 is 2.70 bits per heavy atom. The van der Waals surface area contributed by atoms with Crippen LogP contribution >= 0.6 is 0 Å². The van der Waals surface area contributed by atoms with E-state index in [1.807, 2.05) is 6.07 Å². The third-order valence-electron chi connectivity index (χ3n) is 3.31. The molecule has 0 saturated heterocycles. The van der Waals surface area contributed by atoms with Crippen molar-refractivity contribution in [1.82, 2.24) is 9.38 Å².